The SMILES string of the molecule is CC(=O)c1ccc(SCC(O)CO)c([N+](=O)[O-])c1. The van der Waals surface area contributed by atoms with Crippen molar-refractivity contribution in [2.45, 2.75) is 17.9 Å². The highest BCUT2D eigenvalue weighted by Gasteiger charge is 2.17. The molecule has 0 heterocycles. The second-order valence-corrected chi connectivity index (χ2v) is 4.71. The maximum absolute atomic E-state index is 11.1. The molecule has 0 bridgehead atoms. The summed E-state index contributed by atoms with van der Waals surface area (Å²) in [5.74, 6) is -0.0958. The molecule has 6 nitrogen and oxygen atoms in total. The van der Waals surface area contributed by atoms with Crippen molar-refractivity contribution in [2.75, 3.05) is 12.4 Å². The van der Waals surface area contributed by atoms with Crippen LogP contribution in [0.15, 0.2) is 23.1 Å². The van der Waals surface area contributed by atoms with Gasteiger partial charge in [0.1, 0.15) is 0 Å². The number of carbonyl (C=O) groups is 1. The lowest BCUT2D eigenvalue weighted by Crippen LogP contribution is -2.14. The van der Waals surface area contributed by atoms with Crippen molar-refractivity contribution in [1.82, 2.24) is 0 Å². The van der Waals surface area contributed by atoms with Gasteiger partial charge in [0.05, 0.1) is 22.5 Å². The number of thioether (sulfide) groups is 1. The molecule has 1 unspecified atom stereocenters. The first kappa shape index (κ1) is 14.6. The molecule has 1 rings (SSSR count). The van der Waals surface area contributed by atoms with Crippen LogP contribution in [-0.2, 0) is 0 Å². The van der Waals surface area contributed by atoms with E-state index >= 15 is 0 Å². The lowest BCUT2D eigenvalue weighted by Gasteiger charge is -2.07. The van der Waals surface area contributed by atoms with Gasteiger partial charge in [-0.15, -0.1) is 11.8 Å². The van der Waals surface area contributed by atoms with E-state index in [0.29, 0.717) is 4.90 Å². The van der Waals surface area contributed by atoms with Crippen molar-refractivity contribution < 1.29 is 19.9 Å². The highest BCUT2D eigenvalue weighted by atomic mass is 32.2. The molecule has 0 spiro atoms. The third-order valence-electron chi connectivity index (χ3n) is 2.20. The second-order valence-electron chi connectivity index (χ2n) is 3.64. The van der Waals surface area contributed by atoms with E-state index in [1.54, 1.807) is 0 Å². The van der Waals surface area contributed by atoms with Crippen molar-refractivity contribution in [3.8, 4) is 0 Å². The summed E-state index contributed by atoms with van der Waals surface area (Å²) in [6.45, 7) is 0.938. The van der Waals surface area contributed by atoms with Gasteiger partial charge >= 0.3 is 0 Å². The van der Waals surface area contributed by atoms with Crippen LogP contribution in [0.1, 0.15) is 17.3 Å². The predicted molar refractivity (Wildman–Crippen MR) is 66.9 cm³/mol. The highest BCUT2D eigenvalue weighted by Crippen LogP contribution is 2.30. The van der Waals surface area contributed by atoms with E-state index in [2.05, 4.69) is 0 Å². The molecular formula is C11H13NO5S. The van der Waals surface area contributed by atoms with Crippen molar-refractivity contribution in [2.24, 2.45) is 0 Å². The standard InChI is InChI=1S/C11H13NO5S/c1-7(14)8-2-3-11(10(4-8)12(16)17)18-6-9(15)5-13/h2-4,9,13,15H,5-6H2,1H3. The van der Waals surface area contributed by atoms with Gasteiger partial charge in [0.2, 0.25) is 0 Å². The van der Waals surface area contributed by atoms with E-state index in [1.807, 2.05) is 0 Å². The average molecular weight is 271 g/mol. The second kappa shape index (κ2) is 6.48. The predicted octanol–water partition coefficient (Wildman–Crippen LogP) is 1.24. The van der Waals surface area contributed by atoms with Crippen LogP contribution in [0.4, 0.5) is 5.69 Å². The molecule has 0 saturated carbocycles. The third-order valence-corrected chi connectivity index (χ3v) is 3.41. The number of benzene rings is 1. The zero-order valence-corrected chi connectivity index (χ0v) is 10.5. The summed E-state index contributed by atoms with van der Waals surface area (Å²) < 4.78 is 0. The van der Waals surface area contributed by atoms with Gasteiger partial charge in [0, 0.05) is 17.4 Å². The van der Waals surface area contributed by atoms with Crippen LogP contribution in [0.2, 0.25) is 0 Å². The Morgan fingerprint density at radius 3 is 2.72 bits per heavy atom. The number of ketones is 1. The molecular weight excluding hydrogens is 258 g/mol. The zero-order chi connectivity index (χ0) is 13.7. The molecule has 0 aliphatic heterocycles. The fourth-order valence-corrected chi connectivity index (χ4v) is 2.16. The summed E-state index contributed by atoms with van der Waals surface area (Å²) in [4.78, 5) is 21.8. The molecule has 1 aromatic rings. The van der Waals surface area contributed by atoms with E-state index in [1.165, 1.54) is 25.1 Å². The van der Waals surface area contributed by atoms with Gasteiger partial charge in [-0.3, -0.25) is 14.9 Å². The fourth-order valence-electron chi connectivity index (χ4n) is 1.24. The minimum atomic E-state index is -0.929. The molecule has 18 heavy (non-hydrogen) atoms. The van der Waals surface area contributed by atoms with Gasteiger partial charge in [-0.05, 0) is 19.1 Å². The van der Waals surface area contributed by atoms with E-state index in [0.717, 1.165) is 11.8 Å². The number of nitrogens with zero attached hydrogens (tertiary/aromatic N) is 1. The Kier molecular flexibility index (Phi) is 5.26. The Balaban J connectivity index is 2.97. The van der Waals surface area contributed by atoms with Crippen molar-refractivity contribution in [3.63, 3.8) is 0 Å². The molecule has 0 fully saturated rings. The molecule has 0 saturated heterocycles. The van der Waals surface area contributed by atoms with Crippen LogP contribution < -0.4 is 0 Å². The van der Waals surface area contributed by atoms with Gasteiger partial charge in [-0.25, -0.2) is 0 Å². The average Bonchev–Trinajstić information content (AvgIpc) is 2.35. The summed E-state index contributed by atoms with van der Waals surface area (Å²) in [6.07, 6.45) is -0.929. The number of nitro groups is 1. The molecule has 0 aromatic heterocycles. The van der Waals surface area contributed by atoms with E-state index < -0.39 is 17.6 Å². The number of hydrogen-bond donors (Lipinski definition) is 2. The van der Waals surface area contributed by atoms with Crippen LogP contribution in [0.25, 0.3) is 0 Å². The van der Waals surface area contributed by atoms with Gasteiger partial charge in [0.15, 0.2) is 5.78 Å². The topological polar surface area (TPSA) is 101 Å². The normalized spacial score (nSPS) is 12.2. The minimum absolute atomic E-state index is 0.150. The monoisotopic (exact) mass is 271 g/mol. The molecule has 98 valence electrons. The summed E-state index contributed by atoms with van der Waals surface area (Å²) >= 11 is 1.07. The molecule has 0 aliphatic rings. The molecule has 0 radical (unpaired) electrons. The van der Waals surface area contributed by atoms with Gasteiger partial charge in [-0.1, -0.05) is 0 Å². The zero-order valence-electron chi connectivity index (χ0n) is 9.70. The first-order chi connectivity index (χ1) is 8.45. The van der Waals surface area contributed by atoms with E-state index in [4.69, 9.17) is 5.11 Å². The van der Waals surface area contributed by atoms with Crippen molar-refractivity contribution in [3.05, 3.63) is 33.9 Å². The fraction of sp³-hybridized carbons (Fsp3) is 0.364. The molecule has 2 N–H and O–H groups in total. The highest BCUT2D eigenvalue weighted by molar-refractivity contribution is 7.99. The summed E-state index contributed by atoms with van der Waals surface area (Å²) in [7, 11) is 0. The van der Waals surface area contributed by atoms with E-state index in [-0.39, 0.29) is 22.8 Å². The number of rotatable bonds is 6. The van der Waals surface area contributed by atoms with Crippen LogP contribution in [0, 0.1) is 10.1 Å². The third kappa shape index (κ3) is 3.80. The Labute approximate surface area is 108 Å². The lowest BCUT2D eigenvalue weighted by atomic mass is 10.1. The lowest BCUT2D eigenvalue weighted by molar-refractivity contribution is -0.387. The largest absolute Gasteiger partial charge is 0.394 e. The van der Waals surface area contributed by atoms with Crippen molar-refractivity contribution in [1.29, 1.82) is 0 Å². The maximum Gasteiger partial charge on any atom is 0.283 e. The van der Waals surface area contributed by atoms with Crippen LogP contribution in [-0.4, -0.2) is 39.4 Å². The summed E-state index contributed by atoms with van der Waals surface area (Å²) in [5, 5.41) is 28.7. The quantitative estimate of drug-likeness (QED) is 0.349. The molecule has 1 atom stereocenters. The molecule has 7 heteroatoms. The minimum Gasteiger partial charge on any atom is -0.394 e. The number of Topliss-reactive ketones (excluding diaryl/α,β-unsaturated/α-hetero) is 1. The Morgan fingerprint density at radius 2 is 2.22 bits per heavy atom. The number of aliphatic hydroxyl groups excluding tert-OH is 2. The maximum atomic E-state index is 11.1. The van der Waals surface area contributed by atoms with Crippen molar-refractivity contribution >= 4 is 23.2 Å². The van der Waals surface area contributed by atoms with Crippen LogP contribution in [0.5, 0.6) is 0 Å². The van der Waals surface area contributed by atoms with Gasteiger partial charge in [-0.2, -0.15) is 0 Å². The van der Waals surface area contributed by atoms with E-state index in [9.17, 15) is 20.0 Å². The van der Waals surface area contributed by atoms with Crippen LogP contribution in [0.3, 0.4) is 0 Å². The van der Waals surface area contributed by atoms with Gasteiger partial charge < -0.3 is 10.2 Å². The number of carbonyl (C=O) groups excluding carboxylic acids is 1. The summed E-state index contributed by atoms with van der Waals surface area (Å²) in [6, 6.07) is 4.20. The Morgan fingerprint density at radius 1 is 1.56 bits per heavy atom. The first-order valence-electron chi connectivity index (χ1n) is 5.16. The Bertz CT molecular complexity index is 463. The molecule has 0 amide bonds. The first-order valence-corrected chi connectivity index (χ1v) is 6.15. The van der Waals surface area contributed by atoms with Gasteiger partial charge in [0.25, 0.3) is 5.69 Å². The Hall–Kier alpha value is -1.44. The smallest absolute Gasteiger partial charge is 0.283 e. The number of nitro benzene ring substituents is 1. The summed E-state index contributed by atoms with van der Waals surface area (Å²) in [5.41, 5.74) is 0.103. The number of hydrogen-bond acceptors (Lipinski definition) is 6. The van der Waals surface area contributed by atoms with Crippen LogP contribution >= 0.6 is 11.8 Å². The molecule has 1 aromatic carbocycles. The number of aliphatic hydroxyl groups is 2. The molecule has 0 aliphatic carbocycles.